The molecule has 132 valence electrons. The Kier molecular flexibility index (Phi) is 3.57. The van der Waals surface area contributed by atoms with E-state index in [2.05, 4.69) is 15.4 Å². The number of fused-ring (bicyclic) bond motifs is 3. The largest absolute Gasteiger partial charge is 0.338 e. The molecule has 0 aliphatic rings. The number of nitrogens with one attached hydrogen (secondary N) is 2. The van der Waals surface area contributed by atoms with Gasteiger partial charge in [-0.15, -0.1) is 0 Å². The fourth-order valence-corrected chi connectivity index (χ4v) is 2.86. The number of hydrogen-bond acceptors (Lipinski definition) is 3. The van der Waals surface area contributed by atoms with Crippen molar-refractivity contribution in [3.63, 3.8) is 0 Å². The summed E-state index contributed by atoms with van der Waals surface area (Å²) >= 11 is 0. The predicted octanol–water partition coefficient (Wildman–Crippen LogP) is 2.52. The van der Waals surface area contributed by atoms with Gasteiger partial charge in [0, 0.05) is 36.6 Å². The molecular formula is C17H13F2N5O2. The lowest BCUT2D eigenvalue weighted by Gasteiger charge is -2.01. The molecule has 1 amide bonds. The lowest BCUT2D eigenvalue weighted by molar-refractivity contribution is 0.243. The summed E-state index contributed by atoms with van der Waals surface area (Å²) in [5.41, 5.74) is 0.459. The molecule has 4 aromatic rings. The number of hydrogen-bond donors (Lipinski definition) is 2. The lowest BCUT2D eigenvalue weighted by atomic mass is 10.2. The van der Waals surface area contributed by atoms with Crippen LogP contribution in [0.5, 0.6) is 0 Å². The highest BCUT2D eigenvalue weighted by Gasteiger charge is 2.15. The summed E-state index contributed by atoms with van der Waals surface area (Å²) in [6.07, 6.45) is 4.45. The van der Waals surface area contributed by atoms with Crippen LogP contribution in [0.4, 0.5) is 13.6 Å². The van der Waals surface area contributed by atoms with Crippen LogP contribution in [0.3, 0.4) is 0 Å². The zero-order valence-corrected chi connectivity index (χ0v) is 13.6. The normalized spacial score (nSPS) is 11.3. The molecule has 0 aliphatic carbocycles. The Morgan fingerprint density at radius 1 is 1.19 bits per heavy atom. The highest BCUT2D eigenvalue weighted by molar-refractivity contribution is 6.04. The SMILES string of the molecule is CCNC(=O)n1cc2ncc3c(=O)n(-c4cc(F)cc(F)c4)[nH]c3c2c1. The van der Waals surface area contributed by atoms with Crippen molar-refractivity contribution in [2.24, 2.45) is 0 Å². The number of H-pyrrole nitrogens is 1. The van der Waals surface area contributed by atoms with Gasteiger partial charge in [-0.3, -0.25) is 19.4 Å². The van der Waals surface area contributed by atoms with Crippen LogP contribution in [0.2, 0.25) is 0 Å². The summed E-state index contributed by atoms with van der Waals surface area (Å²) in [5.74, 6) is -1.59. The van der Waals surface area contributed by atoms with Crippen LogP contribution < -0.4 is 10.9 Å². The molecule has 3 heterocycles. The number of carbonyl (C=O) groups is 1. The molecule has 0 atom stereocenters. The summed E-state index contributed by atoms with van der Waals surface area (Å²) in [6.45, 7) is 2.27. The molecule has 0 radical (unpaired) electrons. The number of carbonyl (C=O) groups excluding carboxylic acids is 1. The molecule has 26 heavy (non-hydrogen) atoms. The van der Waals surface area contributed by atoms with Crippen molar-refractivity contribution < 1.29 is 13.6 Å². The molecular weight excluding hydrogens is 344 g/mol. The first-order chi connectivity index (χ1) is 12.5. The second-order valence-electron chi connectivity index (χ2n) is 5.73. The van der Waals surface area contributed by atoms with E-state index in [1.807, 2.05) is 0 Å². The molecule has 2 N–H and O–H groups in total. The Balaban J connectivity index is 1.95. The van der Waals surface area contributed by atoms with Crippen molar-refractivity contribution in [2.45, 2.75) is 6.92 Å². The van der Waals surface area contributed by atoms with Gasteiger partial charge in [-0.2, -0.15) is 0 Å². The quantitative estimate of drug-likeness (QED) is 0.578. The van der Waals surface area contributed by atoms with Gasteiger partial charge in [0.15, 0.2) is 0 Å². The molecule has 0 spiro atoms. The van der Waals surface area contributed by atoms with E-state index in [0.717, 1.165) is 22.9 Å². The van der Waals surface area contributed by atoms with Crippen LogP contribution in [0.25, 0.3) is 27.5 Å². The Labute approximate surface area is 144 Å². The molecule has 3 aromatic heterocycles. The van der Waals surface area contributed by atoms with Gasteiger partial charge in [0.05, 0.1) is 22.1 Å². The molecule has 0 saturated carbocycles. The molecule has 0 unspecified atom stereocenters. The predicted molar refractivity (Wildman–Crippen MR) is 91.6 cm³/mol. The third-order valence-electron chi connectivity index (χ3n) is 4.00. The van der Waals surface area contributed by atoms with Crippen molar-refractivity contribution in [1.82, 2.24) is 24.6 Å². The molecule has 7 nitrogen and oxygen atoms in total. The summed E-state index contributed by atoms with van der Waals surface area (Å²) in [4.78, 5) is 28.8. The summed E-state index contributed by atoms with van der Waals surface area (Å²) in [7, 11) is 0. The van der Waals surface area contributed by atoms with Gasteiger partial charge in [0.2, 0.25) is 0 Å². The fraction of sp³-hybridized carbons (Fsp3) is 0.118. The number of pyridine rings is 1. The number of rotatable bonds is 2. The molecule has 0 bridgehead atoms. The molecule has 9 heteroatoms. The standard InChI is InChI=1S/C17H13F2N5O2/c1-2-20-17(26)23-7-13-14(8-23)21-6-12-15(13)22-24(16(12)25)11-4-9(18)3-10(19)5-11/h3-8,22H,2H2,1H3,(H,20,26). The number of aromatic nitrogens is 4. The van der Waals surface area contributed by atoms with Crippen LogP contribution in [0.15, 0.2) is 41.6 Å². The monoisotopic (exact) mass is 357 g/mol. The average molecular weight is 357 g/mol. The van der Waals surface area contributed by atoms with Crippen molar-refractivity contribution >= 4 is 27.8 Å². The van der Waals surface area contributed by atoms with Crippen molar-refractivity contribution in [1.29, 1.82) is 0 Å². The highest BCUT2D eigenvalue weighted by Crippen LogP contribution is 2.22. The smallest absolute Gasteiger partial charge is 0.325 e. The first-order valence-electron chi connectivity index (χ1n) is 7.84. The van der Waals surface area contributed by atoms with Crippen molar-refractivity contribution in [2.75, 3.05) is 6.54 Å². The third kappa shape index (κ3) is 2.44. The molecule has 0 aliphatic heterocycles. The van der Waals surface area contributed by atoms with E-state index in [0.29, 0.717) is 23.0 Å². The van der Waals surface area contributed by atoms with Crippen LogP contribution >= 0.6 is 0 Å². The minimum absolute atomic E-state index is 0.0278. The first kappa shape index (κ1) is 16.0. The maximum absolute atomic E-state index is 13.5. The van der Waals surface area contributed by atoms with E-state index < -0.39 is 17.2 Å². The highest BCUT2D eigenvalue weighted by atomic mass is 19.1. The summed E-state index contributed by atoms with van der Waals surface area (Å²) in [6, 6.07) is 2.49. The number of aromatic amines is 1. The minimum Gasteiger partial charge on any atom is -0.338 e. The lowest BCUT2D eigenvalue weighted by Crippen LogP contribution is -2.26. The van der Waals surface area contributed by atoms with Gasteiger partial charge < -0.3 is 5.32 Å². The minimum atomic E-state index is -0.795. The van der Waals surface area contributed by atoms with E-state index in [1.165, 1.54) is 17.0 Å². The topological polar surface area (TPSA) is 84.7 Å². The Morgan fingerprint density at radius 3 is 2.62 bits per heavy atom. The first-order valence-corrected chi connectivity index (χ1v) is 7.84. The molecule has 1 aromatic carbocycles. The van der Waals surface area contributed by atoms with Gasteiger partial charge in [-0.1, -0.05) is 0 Å². The van der Waals surface area contributed by atoms with Gasteiger partial charge >= 0.3 is 6.03 Å². The van der Waals surface area contributed by atoms with E-state index >= 15 is 0 Å². The van der Waals surface area contributed by atoms with Crippen molar-refractivity contribution in [3.05, 3.63) is 58.8 Å². The van der Waals surface area contributed by atoms with Gasteiger partial charge in [-0.25, -0.2) is 18.3 Å². The van der Waals surface area contributed by atoms with Gasteiger partial charge in [0.25, 0.3) is 5.56 Å². The van der Waals surface area contributed by atoms with Crippen LogP contribution in [-0.2, 0) is 0 Å². The van der Waals surface area contributed by atoms with E-state index in [9.17, 15) is 18.4 Å². The number of nitrogens with zero attached hydrogens (tertiary/aromatic N) is 3. The van der Waals surface area contributed by atoms with E-state index in [4.69, 9.17) is 0 Å². The fourth-order valence-electron chi connectivity index (χ4n) is 2.86. The molecule has 0 fully saturated rings. The van der Waals surface area contributed by atoms with E-state index in [1.54, 1.807) is 13.1 Å². The maximum atomic E-state index is 13.5. The van der Waals surface area contributed by atoms with Crippen LogP contribution in [-0.4, -0.2) is 31.9 Å². The Bertz CT molecular complexity index is 1200. The Morgan fingerprint density at radius 2 is 1.92 bits per heavy atom. The van der Waals surface area contributed by atoms with Crippen molar-refractivity contribution in [3.8, 4) is 5.69 Å². The summed E-state index contributed by atoms with van der Waals surface area (Å²) < 4.78 is 29.4. The number of amides is 1. The molecule has 0 saturated heterocycles. The second kappa shape index (κ2) is 5.80. The third-order valence-corrected chi connectivity index (χ3v) is 4.00. The van der Waals surface area contributed by atoms with Gasteiger partial charge in [-0.05, 0) is 19.1 Å². The van der Waals surface area contributed by atoms with Crippen LogP contribution in [0, 0.1) is 11.6 Å². The summed E-state index contributed by atoms with van der Waals surface area (Å²) in [5, 5.41) is 6.30. The van der Waals surface area contributed by atoms with E-state index in [-0.39, 0.29) is 17.1 Å². The average Bonchev–Trinajstić information content (AvgIpc) is 3.15. The number of halogens is 2. The van der Waals surface area contributed by atoms with Gasteiger partial charge in [0.1, 0.15) is 11.6 Å². The molecule has 4 rings (SSSR count). The zero-order valence-electron chi connectivity index (χ0n) is 13.6. The van der Waals surface area contributed by atoms with Crippen LogP contribution in [0.1, 0.15) is 6.92 Å². The zero-order chi connectivity index (χ0) is 18.4. The maximum Gasteiger partial charge on any atom is 0.325 e. The number of benzene rings is 1. The Hall–Kier alpha value is -3.49. The second-order valence-corrected chi connectivity index (χ2v) is 5.73.